The lowest BCUT2D eigenvalue weighted by Crippen LogP contribution is -2.54. The number of carbonyl (C=O) groups excluding carboxylic acids is 1. The van der Waals surface area contributed by atoms with Crippen molar-refractivity contribution in [2.24, 2.45) is 10.2 Å². The number of fused-ring (bicyclic) bond motifs is 2. The fraction of sp³-hybridized carbons (Fsp3) is 0.129. The van der Waals surface area contributed by atoms with Crippen LogP contribution in [-0.2, 0) is 9.79 Å². The second-order valence-electron chi connectivity index (χ2n) is 9.42. The van der Waals surface area contributed by atoms with Crippen LogP contribution in [0.3, 0.4) is 0 Å². The van der Waals surface area contributed by atoms with Crippen molar-refractivity contribution in [1.29, 1.82) is 0 Å². The highest BCUT2D eigenvalue weighted by molar-refractivity contribution is 9.10. The number of halogens is 1. The summed E-state index contributed by atoms with van der Waals surface area (Å²) >= 11 is 4.98. The van der Waals surface area contributed by atoms with Crippen LogP contribution in [0.1, 0.15) is 34.7 Å². The van der Waals surface area contributed by atoms with Crippen molar-refractivity contribution in [3.63, 3.8) is 0 Å². The SMILES string of the molecule is CC(=O)C1=NN(c2ccc(Br)cc2)[C@@]2(S1)c1ccccc1C(c1cc(C)ccc1C)=NN2c1ccccc1. The van der Waals surface area contributed by atoms with Gasteiger partial charge in [0.05, 0.1) is 17.1 Å². The average Bonchev–Trinajstić information content (AvgIpc) is 3.33. The molecule has 4 aromatic rings. The van der Waals surface area contributed by atoms with Crippen molar-refractivity contribution < 1.29 is 4.79 Å². The molecule has 0 aliphatic carbocycles. The van der Waals surface area contributed by atoms with Crippen LogP contribution in [0.25, 0.3) is 0 Å². The first-order valence-electron chi connectivity index (χ1n) is 12.3. The van der Waals surface area contributed by atoms with Crippen LogP contribution in [0.2, 0.25) is 0 Å². The van der Waals surface area contributed by atoms with Crippen molar-refractivity contribution >= 4 is 55.6 Å². The van der Waals surface area contributed by atoms with Crippen molar-refractivity contribution in [1.82, 2.24) is 0 Å². The largest absolute Gasteiger partial charge is 0.292 e. The molecule has 0 saturated heterocycles. The highest BCUT2D eigenvalue weighted by Gasteiger charge is 2.55. The minimum Gasteiger partial charge on any atom is -0.292 e. The number of hydrogen-bond acceptors (Lipinski definition) is 6. The Kier molecular flexibility index (Phi) is 6.20. The summed E-state index contributed by atoms with van der Waals surface area (Å²) in [5, 5.41) is 14.7. The van der Waals surface area contributed by atoms with E-state index < -0.39 is 4.99 Å². The van der Waals surface area contributed by atoms with E-state index in [0.29, 0.717) is 5.04 Å². The number of aryl methyl sites for hydroxylation is 2. The zero-order valence-electron chi connectivity index (χ0n) is 21.2. The molecule has 0 amide bonds. The Hall–Kier alpha value is -3.68. The Morgan fingerprint density at radius 2 is 1.45 bits per heavy atom. The zero-order chi connectivity index (χ0) is 26.4. The maximum absolute atomic E-state index is 12.8. The van der Waals surface area contributed by atoms with Gasteiger partial charge in [0.1, 0.15) is 0 Å². The van der Waals surface area contributed by atoms with E-state index in [1.807, 2.05) is 76.7 Å². The summed E-state index contributed by atoms with van der Waals surface area (Å²) in [6.45, 7) is 5.79. The summed E-state index contributed by atoms with van der Waals surface area (Å²) in [4.78, 5) is 11.8. The van der Waals surface area contributed by atoms with E-state index in [1.165, 1.54) is 17.3 Å². The quantitative estimate of drug-likeness (QED) is 0.249. The molecule has 0 saturated carbocycles. The van der Waals surface area contributed by atoms with E-state index in [9.17, 15) is 4.79 Å². The van der Waals surface area contributed by atoms with Crippen LogP contribution in [0, 0.1) is 13.8 Å². The summed E-state index contributed by atoms with van der Waals surface area (Å²) in [5.74, 6) is -0.0798. The molecule has 0 radical (unpaired) electrons. The van der Waals surface area contributed by atoms with E-state index in [2.05, 4.69) is 60.1 Å². The van der Waals surface area contributed by atoms with Crippen LogP contribution < -0.4 is 10.0 Å². The van der Waals surface area contributed by atoms with Crippen LogP contribution in [0.4, 0.5) is 11.4 Å². The third-order valence-corrected chi connectivity index (χ3v) is 8.70. The summed E-state index contributed by atoms with van der Waals surface area (Å²) in [7, 11) is 0. The summed E-state index contributed by atoms with van der Waals surface area (Å²) in [6.07, 6.45) is 0. The number of thioether (sulfide) groups is 1. The van der Waals surface area contributed by atoms with Gasteiger partial charge in [0, 0.05) is 28.1 Å². The standard InChI is InChI=1S/C31H25BrN4OS/c1-20-13-14-21(2)27(19-20)29-26-11-7-8-12-28(26)31(35(33-29)24-9-5-4-6-10-24)36(34-30(38-31)22(3)37)25-17-15-23(32)16-18-25/h4-19H,1-3H3/t31-/m1/s1. The van der Waals surface area contributed by atoms with Gasteiger partial charge in [0.25, 0.3) is 0 Å². The Labute approximate surface area is 235 Å². The van der Waals surface area contributed by atoms with Crippen molar-refractivity contribution in [3.05, 3.63) is 129 Å². The Morgan fingerprint density at radius 3 is 2.18 bits per heavy atom. The minimum absolute atomic E-state index is 0.0798. The molecule has 0 fully saturated rings. The number of anilines is 2. The molecule has 0 bridgehead atoms. The van der Waals surface area contributed by atoms with Crippen molar-refractivity contribution in [2.45, 2.75) is 25.8 Å². The predicted octanol–water partition coefficient (Wildman–Crippen LogP) is 7.60. The third-order valence-electron chi connectivity index (χ3n) is 6.76. The number of nitrogens with zero attached hydrogens (tertiary/aromatic N) is 4. The van der Waals surface area contributed by atoms with Crippen molar-refractivity contribution in [3.8, 4) is 0 Å². The molecule has 2 heterocycles. The van der Waals surface area contributed by atoms with Gasteiger partial charge >= 0.3 is 0 Å². The van der Waals surface area contributed by atoms with Crippen LogP contribution in [0.5, 0.6) is 0 Å². The van der Waals surface area contributed by atoms with Gasteiger partial charge in [-0.25, -0.2) is 10.0 Å². The number of hydrogen-bond donors (Lipinski definition) is 0. The van der Waals surface area contributed by atoms with E-state index in [1.54, 1.807) is 6.92 Å². The maximum atomic E-state index is 12.8. The first-order chi connectivity index (χ1) is 18.4. The highest BCUT2D eigenvalue weighted by Crippen LogP contribution is 2.55. The fourth-order valence-corrected chi connectivity index (χ4v) is 6.47. The van der Waals surface area contributed by atoms with Crippen LogP contribution in [0.15, 0.2) is 112 Å². The van der Waals surface area contributed by atoms with E-state index in [4.69, 9.17) is 10.2 Å². The van der Waals surface area contributed by atoms with Gasteiger partial charge in [-0.3, -0.25) is 4.79 Å². The molecule has 0 aromatic heterocycles. The van der Waals surface area contributed by atoms with Gasteiger partial charge in [0.15, 0.2) is 10.8 Å². The molecular weight excluding hydrogens is 556 g/mol. The highest BCUT2D eigenvalue weighted by atomic mass is 79.9. The zero-order valence-corrected chi connectivity index (χ0v) is 23.6. The molecule has 6 rings (SSSR count). The summed E-state index contributed by atoms with van der Waals surface area (Å²) in [6, 6.07) is 32.9. The summed E-state index contributed by atoms with van der Waals surface area (Å²) < 4.78 is 0.970. The topological polar surface area (TPSA) is 48.3 Å². The first kappa shape index (κ1) is 24.6. The number of benzene rings is 4. The smallest absolute Gasteiger partial charge is 0.234 e. The number of rotatable bonds is 4. The predicted molar refractivity (Wildman–Crippen MR) is 161 cm³/mol. The van der Waals surface area contributed by atoms with E-state index in [-0.39, 0.29) is 5.78 Å². The molecule has 2 aliphatic heterocycles. The lowest BCUT2D eigenvalue weighted by Gasteiger charge is -2.47. The van der Waals surface area contributed by atoms with Crippen LogP contribution in [-0.4, -0.2) is 16.5 Å². The summed E-state index contributed by atoms with van der Waals surface area (Å²) in [5.41, 5.74) is 8.09. The second-order valence-corrected chi connectivity index (χ2v) is 11.5. The van der Waals surface area contributed by atoms with Gasteiger partial charge in [-0.05, 0) is 73.6 Å². The van der Waals surface area contributed by atoms with Gasteiger partial charge in [-0.1, -0.05) is 76.1 Å². The molecule has 5 nitrogen and oxygen atoms in total. The molecule has 4 aromatic carbocycles. The molecule has 0 N–H and O–H groups in total. The van der Waals surface area contributed by atoms with Gasteiger partial charge < -0.3 is 0 Å². The average molecular weight is 582 g/mol. The Balaban J connectivity index is 1.68. The molecule has 7 heteroatoms. The third kappa shape index (κ3) is 3.97. The van der Waals surface area contributed by atoms with Gasteiger partial charge in [-0.2, -0.15) is 10.2 Å². The lowest BCUT2D eigenvalue weighted by atomic mass is 9.90. The fourth-order valence-electron chi connectivity index (χ4n) is 4.92. The number of hydrazone groups is 2. The molecule has 1 atom stereocenters. The van der Waals surface area contributed by atoms with E-state index >= 15 is 0 Å². The number of ketones is 1. The first-order valence-corrected chi connectivity index (χ1v) is 13.9. The molecule has 38 heavy (non-hydrogen) atoms. The second kappa shape index (κ2) is 9.57. The number of para-hydroxylation sites is 1. The normalized spacial score (nSPS) is 18.3. The lowest BCUT2D eigenvalue weighted by molar-refractivity contribution is -0.110. The Morgan fingerprint density at radius 1 is 0.789 bits per heavy atom. The molecular formula is C31H25BrN4OS. The van der Waals surface area contributed by atoms with Crippen LogP contribution >= 0.6 is 27.7 Å². The number of Topliss-reactive ketones (excluding diaryl/α,β-unsaturated/α-hetero) is 1. The Bertz CT molecular complexity index is 1620. The van der Waals surface area contributed by atoms with E-state index in [0.717, 1.165) is 43.8 Å². The monoisotopic (exact) mass is 580 g/mol. The van der Waals surface area contributed by atoms with Gasteiger partial charge in [-0.15, -0.1) is 0 Å². The maximum Gasteiger partial charge on any atom is 0.234 e. The van der Waals surface area contributed by atoms with Crippen molar-refractivity contribution in [2.75, 3.05) is 10.0 Å². The molecule has 0 unspecified atom stereocenters. The molecule has 2 aliphatic rings. The van der Waals surface area contributed by atoms with Gasteiger partial charge in [0.2, 0.25) is 4.99 Å². The number of carbonyl (C=O) groups is 1. The molecule has 1 spiro atoms. The molecule has 188 valence electrons. The minimum atomic E-state index is -0.950.